The van der Waals surface area contributed by atoms with E-state index in [-0.39, 0.29) is 13.2 Å². The topological polar surface area (TPSA) is 79.2 Å². The first-order valence-corrected chi connectivity index (χ1v) is 11.6. The van der Waals surface area contributed by atoms with Crippen molar-refractivity contribution in [2.75, 3.05) is 13.2 Å². The van der Waals surface area contributed by atoms with Crippen LogP contribution in [0, 0.1) is 0 Å². The molecule has 0 unspecified atom stereocenters. The van der Waals surface area contributed by atoms with Gasteiger partial charge in [0, 0.05) is 0 Å². The second kappa shape index (κ2) is 17.3. The third-order valence-electron chi connectivity index (χ3n) is 5.56. The highest BCUT2D eigenvalue weighted by Gasteiger charge is 2.40. The molecule has 0 aromatic rings. The number of aliphatic hydroxyl groups is 3. The molecule has 1 aliphatic heterocycles. The number of unbranched alkanes of at least 4 members (excludes halogenated alkanes) is 13. The van der Waals surface area contributed by atoms with Crippen LogP contribution in [0.25, 0.3) is 0 Å². The normalized spacial score (nSPS) is 23.5. The van der Waals surface area contributed by atoms with E-state index >= 15 is 0 Å². The smallest absolute Gasteiger partial charge is 0.149 e. The quantitative estimate of drug-likeness (QED) is 0.233. The number of hydrogen-bond donors (Lipinski definition) is 3. The van der Waals surface area contributed by atoms with Gasteiger partial charge in [-0.05, 0) is 18.9 Å². The van der Waals surface area contributed by atoms with Gasteiger partial charge in [-0.15, -0.1) is 0 Å². The van der Waals surface area contributed by atoms with E-state index in [2.05, 4.69) is 6.92 Å². The molecular formula is C23H44O5. The maximum Gasteiger partial charge on any atom is 0.149 e. The molecule has 28 heavy (non-hydrogen) atoms. The molecule has 4 atom stereocenters. The van der Waals surface area contributed by atoms with Crippen molar-refractivity contribution in [3.63, 3.8) is 0 Å². The van der Waals surface area contributed by atoms with Crippen LogP contribution in [-0.2, 0) is 9.47 Å². The highest BCUT2D eigenvalue weighted by molar-refractivity contribution is 4.90. The van der Waals surface area contributed by atoms with E-state index in [1.54, 1.807) is 6.26 Å². The molecule has 0 bridgehead atoms. The predicted octanol–water partition coefficient (Wildman–Crippen LogP) is 4.48. The fraction of sp³-hybridized carbons (Fsp3) is 0.913. The van der Waals surface area contributed by atoms with Gasteiger partial charge in [0.25, 0.3) is 0 Å². The molecule has 1 rings (SSSR count). The summed E-state index contributed by atoms with van der Waals surface area (Å²) in [5.74, 6) is 0. The standard InChI is InChI=1S/C23H44O5/c1-2-3-4-5-6-7-8-9-10-11-12-13-14-15-16-17-27-21(18-24)23-22(26)20(25)19-28-23/h16-17,20-26H,2-15,18-19H2,1H3/b17-16+/t20-,21+,22+,23+/m0/s1. The molecule has 1 saturated heterocycles. The summed E-state index contributed by atoms with van der Waals surface area (Å²) in [6.45, 7) is 2.09. The van der Waals surface area contributed by atoms with Crippen molar-refractivity contribution in [1.82, 2.24) is 0 Å². The molecule has 166 valence electrons. The van der Waals surface area contributed by atoms with Crippen molar-refractivity contribution in [3.8, 4) is 0 Å². The van der Waals surface area contributed by atoms with Crippen LogP contribution in [0.2, 0.25) is 0 Å². The lowest BCUT2D eigenvalue weighted by Crippen LogP contribution is -2.41. The van der Waals surface area contributed by atoms with E-state index in [1.807, 2.05) is 6.08 Å². The van der Waals surface area contributed by atoms with Crippen LogP contribution >= 0.6 is 0 Å². The van der Waals surface area contributed by atoms with Gasteiger partial charge in [-0.2, -0.15) is 0 Å². The first-order valence-electron chi connectivity index (χ1n) is 11.6. The molecule has 5 heteroatoms. The van der Waals surface area contributed by atoms with Crippen LogP contribution in [0.1, 0.15) is 96.8 Å². The average molecular weight is 401 g/mol. The summed E-state index contributed by atoms with van der Waals surface area (Å²) in [4.78, 5) is 0. The van der Waals surface area contributed by atoms with E-state index in [4.69, 9.17) is 9.47 Å². The molecule has 0 amide bonds. The molecular weight excluding hydrogens is 356 g/mol. The molecule has 0 saturated carbocycles. The van der Waals surface area contributed by atoms with Crippen LogP contribution in [-0.4, -0.2) is 52.9 Å². The van der Waals surface area contributed by atoms with Crippen LogP contribution < -0.4 is 0 Å². The zero-order chi connectivity index (χ0) is 20.5. The van der Waals surface area contributed by atoms with Gasteiger partial charge in [0.1, 0.15) is 24.4 Å². The minimum absolute atomic E-state index is 0.0777. The summed E-state index contributed by atoms with van der Waals surface area (Å²) in [5, 5.41) is 28.7. The number of hydrogen-bond acceptors (Lipinski definition) is 5. The van der Waals surface area contributed by atoms with Crippen LogP contribution in [0.4, 0.5) is 0 Å². The van der Waals surface area contributed by atoms with Gasteiger partial charge in [-0.1, -0.05) is 84.0 Å². The van der Waals surface area contributed by atoms with Crippen LogP contribution in [0.15, 0.2) is 12.3 Å². The van der Waals surface area contributed by atoms with E-state index in [0.29, 0.717) is 0 Å². The third-order valence-corrected chi connectivity index (χ3v) is 5.56. The summed E-state index contributed by atoms with van der Waals surface area (Å²) in [6, 6.07) is 0. The van der Waals surface area contributed by atoms with Gasteiger partial charge >= 0.3 is 0 Å². The first-order chi connectivity index (χ1) is 13.7. The van der Waals surface area contributed by atoms with Crippen molar-refractivity contribution in [2.24, 2.45) is 0 Å². The van der Waals surface area contributed by atoms with Gasteiger partial charge in [0.2, 0.25) is 0 Å². The number of allylic oxidation sites excluding steroid dienone is 1. The Labute approximate surface area is 172 Å². The SMILES string of the molecule is CCCCCCCCCCCCCCC/C=C/O[C@H](CO)[C@H]1OC[C@H](O)[C@H]1O. The lowest BCUT2D eigenvalue weighted by atomic mass is 10.0. The predicted molar refractivity (Wildman–Crippen MR) is 113 cm³/mol. The fourth-order valence-corrected chi connectivity index (χ4v) is 3.68. The maximum atomic E-state index is 9.80. The Morgan fingerprint density at radius 1 is 0.893 bits per heavy atom. The molecule has 0 radical (unpaired) electrons. The first kappa shape index (κ1) is 25.4. The Morgan fingerprint density at radius 3 is 1.89 bits per heavy atom. The molecule has 5 nitrogen and oxygen atoms in total. The maximum absolute atomic E-state index is 9.80. The van der Waals surface area contributed by atoms with Crippen molar-refractivity contribution in [2.45, 2.75) is 121 Å². The van der Waals surface area contributed by atoms with E-state index in [1.165, 1.54) is 77.0 Å². The Kier molecular flexibility index (Phi) is 15.7. The molecule has 3 N–H and O–H groups in total. The molecule has 0 aromatic heterocycles. The zero-order valence-corrected chi connectivity index (χ0v) is 17.9. The lowest BCUT2D eigenvalue weighted by molar-refractivity contribution is -0.0737. The summed E-state index contributed by atoms with van der Waals surface area (Å²) < 4.78 is 10.8. The Balaban J connectivity index is 1.89. The number of ether oxygens (including phenoxy) is 2. The Morgan fingerprint density at radius 2 is 1.43 bits per heavy atom. The van der Waals surface area contributed by atoms with Crippen LogP contribution in [0.3, 0.4) is 0 Å². The highest BCUT2D eigenvalue weighted by atomic mass is 16.6. The second-order valence-corrected chi connectivity index (χ2v) is 8.12. The molecule has 0 aliphatic carbocycles. The zero-order valence-electron chi connectivity index (χ0n) is 17.9. The molecule has 0 aromatic carbocycles. The molecule has 1 fully saturated rings. The minimum Gasteiger partial charge on any atom is -0.493 e. The van der Waals surface area contributed by atoms with Crippen molar-refractivity contribution < 1.29 is 24.8 Å². The summed E-state index contributed by atoms with van der Waals surface area (Å²) in [7, 11) is 0. The van der Waals surface area contributed by atoms with Crippen molar-refractivity contribution in [3.05, 3.63) is 12.3 Å². The number of rotatable bonds is 18. The lowest BCUT2D eigenvalue weighted by Gasteiger charge is -2.23. The van der Waals surface area contributed by atoms with Crippen molar-refractivity contribution in [1.29, 1.82) is 0 Å². The summed E-state index contributed by atoms with van der Waals surface area (Å²) in [5.41, 5.74) is 0. The van der Waals surface area contributed by atoms with Crippen LogP contribution in [0.5, 0.6) is 0 Å². The average Bonchev–Trinajstić information content (AvgIpc) is 3.03. The Hall–Kier alpha value is -0.620. The Bertz CT molecular complexity index is 374. The minimum atomic E-state index is -1.01. The summed E-state index contributed by atoms with van der Waals surface area (Å²) >= 11 is 0. The highest BCUT2D eigenvalue weighted by Crippen LogP contribution is 2.20. The second-order valence-electron chi connectivity index (χ2n) is 8.12. The van der Waals surface area contributed by atoms with Gasteiger partial charge in [0.05, 0.1) is 19.5 Å². The van der Waals surface area contributed by atoms with Gasteiger partial charge in [0.15, 0.2) is 0 Å². The third kappa shape index (κ3) is 11.4. The van der Waals surface area contributed by atoms with E-state index in [9.17, 15) is 15.3 Å². The van der Waals surface area contributed by atoms with Gasteiger partial charge in [-0.3, -0.25) is 0 Å². The molecule has 1 aliphatic rings. The van der Waals surface area contributed by atoms with Gasteiger partial charge in [-0.25, -0.2) is 0 Å². The molecule has 1 heterocycles. The largest absolute Gasteiger partial charge is 0.493 e. The molecule has 0 spiro atoms. The van der Waals surface area contributed by atoms with Crippen molar-refractivity contribution >= 4 is 0 Å². The fourth-order valence-electron chi connectivity index (χ4n) is 3.68. The number of aliphatic hydroxyl groups excluding tert-OH is 3. The van der Waals surface area contributed by atoms with E-state index < -0.39 is 24.4 Å². The van der Waals surface area contributed by atoms with Gasteiger partial charge < -0.3 is 24.8 Å². The monoisotopic (exact) mass is 400 g/mol. The summed E-state index contributed by atoms with van der Waals surface area (Å²) in [6.07, 6.45) is 18.8. The van der Waals surface area contributed by atoms with E-state index in [0.717, 1.165) is 12.8 Å².